The number of amides is 2. The van der Waals surface area contributed by atoms with Crippen molar-refractivity contribution in [2.45, 2.75) is 19.4 Å². The Morgan fingerprint density at radius 2 is 2.22 bits per heavy atom. The van der Waals surface area contributed by atoms with Crippen LogP contribution in [0.25, 0.3) is 0 Å². The van der Waals surface area contributed by atoms with Gasteiger partial charge in [0.2, 0.25) is 11.8 Å². The Hall–Kier alpha value is -0.720. The minimum absolute atomic E-state index is 0.220. The summed E-state index contributed by atoms with van der Waals surface area (Å²) in [5.41, 5.74) is 0. The molecule has 0 aliphatic carbocycles. The minimum atomic E-state index is -0.585. The maximum Gasteiger partial charge on any atom is 0.243 e. The third kappa shape index (κ3) is 5.29. The van der Waals surface area contributed by atoms with Crippen LogP contribution in [0.5, 0.6) is 0 Å². The van der Waals surface area contributed by atoms with Crippen LogP contribution in [0, 0.1) is 0 Å². The highest BCUT2D eigenvalue weighted by atomic mass is 35.5. The first kappa shape index (κ1) is 15.3. The summed E-state index contributed by atoms with van der Waals surface area (Å²) in [6.45, 7) is 1.89. The maximum atomic E-state index is 11.7. The van der Waals surface area contributed by atoms with E-state index >= 15 is 0 Å². The number of thiophene rings is 1. The molecule has 0 aliphatic heterocycles. The highest BCUT2D eigenvalue weighted by Gasteiger charge is 2.16. The number of nitrogens with one attached hydrogen (secondary N) is 2. The SMILES string of the molecule is CC(=O)NC(CS)C(=O)NCCc1ccc(Cl)s1. The summed E-state index contributed by atoms with van der Waals surface area (Å²) in [7, 11) is 0. The molecule has 18 heavy (non-hydrogen) atoms. The fourth-order valence-electron chi connectivity index (χ4n) is 1.36. The number of rotatable bonds is 6. The van der Waals surface area contributed by atoms with Crippen molar-refractivity contribution in [3.8, 4) is 0 Å². The van der Waals surface area contributed by atoms with E-state index in [0.29, 0.717) is 6.54 Å². The van der Waals surface area contributed by atoms with Crippen LogP contribution in [0.2, 0.25) is 4.34 Å². The van der Waals surface area contributed by atoms with Gasteiger partial charge in [-0.15, -0.1) is 11.3 Å². The van der Waals surface area contributed by atoms with E-state index in [4.69, 9.17) is 11.6 Å². The molecule has 1 rings (SSSR count). The maximum absolute atomic E-state index is 11.7. The highest BCUT2D eigenvalue weighted by molar-refractivity contribution is 7.80. The van der Waals surface area contributed by atoms with Gasteiger partial charge in [0.1, 0.15) is 6.04 Å². The Morgan fingerprint density at radius 3 is 2.72 bits per heavy atom. The number of carbonyl (C=O) groups excluding carboxylic acids is 2. The van der Waals surface area contributed by atoms with Crippen molar-refractivity contribution in [2.75, 3.05) is 12.3 Å². The smallest absolute Gasteiger partial charge is 0.243 e. The molecular weight excluding hydrogens is 292 g/mol. The van der Waals surface area contributed by atoms with E-state index < -0.39 is 6.04 Å². The third-order valence-corrected chi connectivity index (χ3v) is 3.83. The van der Waals surface area contributed by atoms with Crippen molar-refractivity contribution in [1.82, 2.24) is 10.6 Å². The number of thiol groups is 1. The molecule has 0 fully saturated rings. The van der Waals surface area contributed by atoms with Gasteiger partial charge in [-0.3, -0.25) is 9.59 Å². The molecule has 4 nitrogen and oxygen atoms in total. The molecule has 1 aromatic rings. The molecule has 0 radical (unpaired) electrons. The molecule has 1 aromatic heterocycles. The van der Waals surface area contributed by atoms with Crippen LogP contribution < -0.4 is 10.6 Å². The minimum Gasteiger partial charge on any atom is -0.354 e. The molecular formula is C11H15ClN2O2S2. The first-order valence-corrected chi connectivity index (χ1v) is 7.25. The van der Waals surface area contributed by atoms with E-state index in [1.54, 1.807) is 0 Å². The van der Waals surface area contributed by atoms with Crippen molar-refractivity contribution >= 4 is 47.4 Å². The summed E-state index contributed by atoms with van der Waals surface area (Å²) in [6, 6.07) is 3.18. The molecule has 1 atom stereocenters. The van der Waals surface area contributed by atoms with Gasteiger partial charge in [-0.05, 0) is 18.6 Å². The summed E-state index contributed by atoms with van der Waals surface area (Å²) < 4.78 is 0.739. The Labute approximate surface area is 121 Å². The lowest BCUT2D eigenvalue weighted by Gasteiger charge is -2.14. The number of halogens is 1. The van der Waals surface area contributed by atoms with E-state index in [-0.39, 0.29) is 17.6 Å². The largest absolute Gasteiger partial charge is 0.354 e. The van der Waals surface area contributed by atoms with E-state index in [0.717, 1.165) is 15.6 Å². The molecule has 0 aromatic carbocycles. The first-order chi connectivity index (χ1) is 8.52. The van der Waals surface area contributed by atoms with Gasteiger partial charge in [0.05, 0.1) is 4.34 Å². The third-order valence-electron chi connectivity index (χ3n) is 2.18. The lowest BCUT2D eigenvalue weighted by molar-refractivity contribution is -0.127. The van der Waals surface area contributed by atoms with Crippen molar-refractivity contribution in [1.29, 1.82) is 0 Å². The van der Waals surface area contributed by atoms with Crippen LogP contribution in [0.4, 0.5) is 0 Å². The zero-order valence-electron chi connectivity index (χ0n) is 9.90. The lowest BCUT2D eigenvalue weighted by atomic mass is 10.3. The fraction of sp³-hybridized carbons (Fsp3) is 0.455. The molecule has 0 spiro atoms. The van der Waals surface area contributed by atoms with Crippen molar-refractivity contribution in [3.63, 3.8) is 0 Å². The Kier molecular flexibility index (Phi) is 6.52. The second-order valence-electron chi connectivity index (χ2n) is 3.68. The summed E-state index contributed by atoms with van der Waals surface area (Å²) in [5.74, 6) is -0.187. The summed E-state index contributed by atoms with van der Waals surface area (Å²) >= 11 is 11.3. The predicted molar refractivity (Wildman–Crippen MR) is 77.5 cm³/mol. The average molecular weight is 307 g/mol. The molecule has 7 heteroatoms. The van der Waals surface area contributed by atoms with Gasteiger partial charge in [0.25, 0.3) is 0 Å². The Morgan fingerprint density at radius 1 is 1.50 bits per heavy atom. The van der Waals surface area contributed by atoms with Gasteiger partial charge in [-0.1, -0.05) is 11.6 Å². The van der Waals surface area contributed by atoms with Crippen LogP contribution in [0.1, 0.15) is 11.8 Å². The topological polar surface area (TPSA) is 58.2 Å². The summed E-state index contributed by atoms with van der Waals surface area (Å²) in [6.07, 6.45) is 0.725. The fourth-order valence-corrected chi connectivity index (χ4v) is 2.70. The first-order valence-electron chi connectivity index (χ1n) is 5.43. The van der Waals surface area contributed by atoms with Gasteiger partial charge >= 0.3 is 0 Å². The van der Waals surface area contributed by atoms with Gasteiger partial charge in [-0.25, -0.2) is 0 Å². The van der Waals surface area contributed by atoms with Crippen molar-refractivity contribution in [2.24, 2.45) is 0 Å². The van der Waals surface area contributed by atoms with Gasteiger partial charge in [0, 0.05) is 24.1 Å². The number of carbonyl (C=O) groups is 2. The molecule has 2 N–H and O–H groups in total. The second kappa shape index (κ2) is 7.66. The summed E-state index contributed by atoms with van der Waals surface area (Å²) in [4.78, 5) is 23.7. The molecule has 100 valence electrons. The zero-order chi connectivity index (χ0) is 13.5. The highest BCUT2D eigenvalue weighted by Crippen LogP contribution is 2.21. The number of hydrogen-bond acceptors (Lipinski definition) is 4. The van der Waals surface area contributed by atoms with Crippen LogP contribution in [0.15, 0.2) is 12.1 Å². The van der Waals surface area contributed by atoms with Crippen LogP contribution in [0.3, 0.4) is 0 Å². The van der Waals surface area contributed by atoms with Crippen molar-refractivity contribution < 1.29 is 9.59 Å². The van der Waals surface area contributed by atoms with E-state index in [1.807, 2.05) is 12.1 Å². The van der Waals surface area contributed by atoms with Crippen LogP contribution in [-0.2, 0) is 16.0 Å². The molecule has 0 saturated heterocycles. The Balaban J connectivity index is 2.33. The summed E-state index contributed by atoms with van der Waals surface area (Å²) in [5, 5.41) is 5.29. The quantitative estimate of drug-likeness (QED) is 0.698. The van der Waals surface area contributed by atoms with Crippen LogP contribution in [-0.4, -0.2) is 30.2 Å². The normalized spacial score (nSPS) is 11.9. The Bertz CT molecular complexity index is 423. The molecule has 0 bridgehead atoms. The predicted octanol–water partition coefficient (Wildman–Crippen LogP) is 1.49. The molecule has 0 saturated carbocycles. The molecule has 0 aliphatic rings. The molecule has 1 heterocycles. The zero-order valence-corrected chi connectivity index (χ0v) is 12.4. The van der Waals surface area contributed by atoms with Crippen molar-refractivity contribution in [3.05, 3.63) is 21.3 Å². The van der Waals surface area contributed by atoms with E-state index in [1.165, 1.54) is 18.3 Å². The monoisotopic (exact) mass is 306 g/mol. The average Bonchev–Trinajstić information content (AvgIpc) is 2.71. The second-order valence-corrected chi connectivity index (χ2v) is 5.85. The lowest BCUT2D eigenvalue weighted by Crippen LogP contribution is -2.47. The van der Waals surface area contributed by atoms with Gasteiger partial charge in [-0.2, -0.15) is 12.6 Å². The van der Waals surface area contributed by atoms with Gasteiger partial charge in [0.15, 0.2) is 0 Å². The number of hydrogen-bond donors (Lipinski definition) is 3. The van der Waals surface area contributed by atoms with Crippen LogP contribution >= 0.6 is 35.6 Å². The standard InChI is InChI=1S/C11H15ClN2O2S2/c1-7(15)14-9(6-17)11(16)13-5-4-8-2-3-10(12)18-8/h2-3,9,17H,4-6H2,1H3,(H,13,16)(H,14,15). The van der Waals surface area contributed by atoms with Gasteiger partial charge < -0.3 is 10.6 Å². The molecule has 2 amide bonds. The van der Waals surface area contributed by atoms with E-state index in [2.05, 4.69) is 23.3 Å². The molecule has 1 unspecified atom stereocenters. The van der Waals surface area contributed by atoms with E-state index in [9.17, 15) is 9.59 Å².